The van der Waals surface area contributed by atoms with Crippen molar-refractivity contribution < 1.29 is 24.2 Å². The molecule has 2 heterocycles. The average Bonchev–Trinajstić information content (AvgIpc) is 3.24. The summed E-state index contributed by atoms with van der Waals surface area (Å²) in [5, 5.41) is 16.0. The first-order chi connectivity index (χ1) is 16.0. The number of hydrogen-bond acceptors (Lipinski definition) is 6. The fourth-order valence-corrected chi connectivity index (χ4v) is 4.51. The van der Waals surface area contributed by atoms with E-state index in [1.165, 1.54) is 4.90 Å². The van der Waals surface area contributed by atoms with Crippen LogP contribution in [-0.2, 0) is 19.9 Å². The van der Waals surface area contributed by atoms with E-state index in [1.807, 2.05) is 45.0 Å². The van der Waals surface area contributed by atoms with Gasteiger partial charge in [-0.05, 0) is 50.8 Å². The van der Waals surface area contributed by atoms with Crippen LogP contribution in [0.3, 0.4) is 0 Å². The molecule has 9 nitrogen and oxygen atoms in total. The molecule has 0 spiro atoms. The van der Waals surface area contributed by atoms with Crippen LogP contribution in [-0.4, -0.2) is 64.1 Å². The number of likely N-dealkylation sites (tertiary alicyclic amines) is 1. The van der Waals surface area contributed by atoms with Crippen LogP contribution < -0.4 is 10.6 Å². The Labute approximate surface area is 214 Å². The SMILES string of the molecule is CC(C)(C)OC(=O)N[C@H](C(=O)N1C[C@H](O)CC1C1=NC(C)(c2ccc(Br)cc2)C(=O)N1)C(C)(C)C. The van der Waals surface area contributed by atoms with Gasteiger partial charge in [-0.15, -0.1) is 0 Å². The molecule has 192 valence electrons. The lowest BCUT2D eigenvalue weighted by molar-refractivity contribution is -0.136. The van der Waals surface area contributed by atoms with Crippen LogP contribution in [0.15, 0.2) is 33.7 Å². The summed E-state index contributed by atoms with van der Waals surface area (Å²) < 4.78 is 6.25. The molecule has 3 amide bonds. The third-order valence-electron chi connectivity index (χ3n) is 6.09. The van der Waals surface area contributed by atoms with E-state index in [0.717, 1.165) is 4.47 Å². The number of ether oxygens (including phenoxy) is 1. The van der Waals surface area contributed by atoms with E-state index in [2.05, 4.69) is 26.6 Å². The lowest BCUT2D eigenvalue weighted by atomic mass is 9.85. The van der Waals surface area contributed by atoms with Crippen LogP contribution in [0.25, 0.3) is 0 Å². The number of alkyl carbamates (subject to hydrolysis) is 1. The van der Waals surface area contributed by atoms with Gasteiger partial charge in [0.05, 0.1) is 12.1 Å². The number of amidine groups is 1. The number of aliphatic hydroxyl groups is 1. The van der Waals surface area contributed by atoms with Gasteiger partial charge in [-0.1, -0.05) is 48.8 Å². The summed E-state index contributed by atoms with van der Waals surface area (Å²) in [5.74, 6) is -0.350. The number of carbonyl (C=O) groups excluding carboxylic acids is 3. The molecule has 3 rings (SSSR count). The van der Waals surface area contributed by atoms with Gasteiger partial charge in [-0.2, -0.15) is 0 Å². The van der Waals surface area contributed by atoms with E-state index < -0.39 is 40.8 Å². The molecule has 0 saturated carbocycles. The molecule has 0 radical (unpaired) electrons. The number of nitrogens with one attached hydrogen (secondary N) is 2. The lowest BCUT2D eigenvalue weighted by Gasteiger charge is -2.36. The molecule has 2 aliphatic rings. The normalized spacial score (nSPS) is 25.7. The zero-order valence-electron chi connectivity index (χ0n) is 21.3. The number of halogens is 1. The molecule has 1 fully saturated rings. The monoisotopic (exact) mass is 550 g/mol. The van der Waals surface area contributed by atoms with Gasteiger partial charge in [0.15, 0.2) is 5.54 Å². The van der Waals surface area contributed by atoms with Crippen molar-refractivity contribution in [3.05, 3.63) is 34.3 Å². The van der Waals surface area contributed by atoms with Gasteiger partial charge in [0, 0.05) is 17.4 Å². The maximum Gasteiger partial charge on any atom is 0.408 e. The van der Waals surface area contributed by atoms with E-state index >= 15 is 0 Å². The molecule has 3 N–H and O–H groups in total. The molecule has 2 unspecified atom stereocenters. The highest BCUT2D eigenvalue weighted by atomic mass is 79.9. The maximum absolute atomic E-state index is 13.7. The quantitative estimate of drug-likeness (QED) is 0.532. The van der Waals surface area contributed by atoms with E-state index in [-0.39, 0.29) is 24.8 Å². The predicted octanol–water partition coefficient (Wildman–Crippen LogP) is 3.09. The van der Waals surface area contributed by atoms with Gasteiger partial charge < -0.3 is 25.4 Å². The first kappa shape index (κ1) is 27.1. The molecule has 35 heavy (non-hydrogen) atoms. The fourth-order valence-electron chi connectivity index (χ4n) is 4.24. The van der Waals surface area contributed by atoms with Gasteiger partial charge in [0.1, 0.15) is 17.5 Å². The Bertz CT molecular complexity index is 1030. The lowest BCUT2D eigenvalue weighted by Crippen LogP contribution is -2.58. The Kier molecular flexibility index (Phi) is 7.39. The van der Waals surface area contributed by atoms with Crippen LogP contribution in [0.5, 0.6) is 0 Å². The van der Waals surface area contributed by atoms with Crippen molar-refractivity contribution in [2.24, 2.45) is 10.4 Å². The van der Waals surface area contributed by atoms with Crippen LogP contribution in [0.2, 0.25) is 0 Å². The second-order valence-corrected chi connectivity index (χ2v) is 12.3. The van der Waals surface area contributed by atoms with Crippen molar-refractivity contribution in [3.63, 3.8) is 0 Å². The predicted molar refractivity (Wildman–Crippen MR) is 136 cm³/mol. The molecule has 0 bridgehead atoms. The summed E-state index contributed by atoms with van der Waals surface area (Å²) in [6, 6.07) is 5.77. The summed E-state index contributed by atoms with van der Waals surface area (Å²) in [5.41, 5.74) is -1.80. The van der Waals surface area contributed by atoms with E-state index in [0.29, 0.717) is 11.4 Å². The van der Waals surface area contributed by atoms with Gasteiger partial charge in [-0.25, -0.2) is 9.79 Å². The molecule has 1 aromatic carbocycles. The van der Waals surface area contributed by atoms with Crippen molar-refractivity contribution in [3.8, 4) is 0 Å². The van der Waals surface area contributed by atoms with E-state index in [1.54, 1.807) is 27.7 Å². The number of carbonyl (C=O) groups is 3. The van der Waals surface area contributed by atoms with Crippen LogP contribution in [0.1, 0.15) is 60.5 Å². The zero-order valence-corrected chi connectivity index (χ0v) is 22.9. The highest BCUT2D eigenvalue weighted by Crippen LogP contribution is 2.33. The Morgan fingerprint density at radius 1 is 1.23 bits per heavy atom. The van der Waals surface area contributed by atoms with Crippen LogP contribution >= 0.6 is 15.9 Å². The van der Waals surface area contributed by atoms with Crippen molar-refractivity contribution in [1.82, 2.24) is 15.5 Å². The van der Waals surface area contributed by atoms with E-state index in [4.69, 9.17) is 9.73 Å². The zero-order chi connectivity index (χ0) is 26.3. The smallest absolute Gasteiger partial charge is 0.408 e. The summed E-state index contributed by atoms with van der Waals surface area (Å²) in [6.07, 6.45) is -1.26. The van der Waals surface area contributed by atoms with Gasteiger partial charge in [0.2, 0.25) is 5.91 Å². The summed E-state index contributed by atoms with van der Waals surface area (Å²) in [7, 11) is 0. The number of aliphatic hydroxyl groups excluding tert-OH is 1. The number of rotatable bonds is 4. The molecule has 0 aliphatic carbocycles. The number of aliphatic imine (C=N–C) groups is 1. The van der Waals surface area contributed by atoms with Crippen LogP contribution in [0.4, 0.5) is 4.79 Å². The Morgan fingerprint density at radius 2 is 1.83 bits per heavy atom. The first-order valence-corrected chi connectivity index (χ1v) is 12.5. The molecule has 1 saturated heterocycles. The molecular formula is C25H35BrN4O5. The number of hydrogen-bond donors (Lipinski definition) is 3. The second kappa shape index (κ2) is 9.54. The molecule has 4 atom stereocenters. The molecule has 0 aromatic heterocycles. The molecule has 1 aromatic rings. The Balaban J connectivity index is 1.89. The molecular weight excluding hydrogens is 516 g/mol. The Hall–Kier alpha value is -2.46. The highest BCUT2D eigenvalue weighted by molar-refractivity contribution is 9.10. The topological polar surface area (TPSA) is 120 Å². The number of benzene rings is 1. The van der Waals surface area contributed by atoms with Crippen molar-refractivity contribution in [2.75, 3.05) is 6.54 Å². The second-order valence-electron chi connectivity index (χ2n) is 11.4. The largest absolute Gasteiger partial charge is 0.444 e. The van der Waals surface area contributed by atoms with Gasteiger partial charge in [0.25, 0.3) is 5.91 Å². The Morgan fingerprint density at radius 3 is 2.37 bits per heavy atom. The van der Waals surface area contributed by atoms with Gasteiger partial charge >= 0.3 is 6.09 Å². The number of amides is 3. The average molecular weight is 551 g/mol. The third-order valence-corrected chi connectivity index (χ3v) is 6.61. The van der Waals surface area contributed by atoms with Crippen molar-refractivity contribution >= 4 is 39.7 Å². The summed E-state index contributed by atoms with van der Waals surface area (Å²) in [4.78, 5) is 45.4. The maximum atomic E-state index is 13.7. The first-order valence-electron chi connectivity index (χ1n) is 11.7. The highest BCUT2D eigenvalue weighted by Gasteiger charge is 2.49. The third kappa shape index (κ3) is 6.03. The van der Waals surface area contributed by atoms with Crippen LogP contribution in [0, 0.1) is 5.41 Å². The summed E-state index contributed by atoms with van der Waals surface area (Å²) in [6.45, 7) is 12.5. The summed E-state index contributed by atoms with van der Waals surface area (Å²) >= 11 is 3.40. The molecule has 2 aliphatic heterocycles. The minimum Gasteiger partial charge on any atom is -0.444 e. The van der Waals surface area contributed by atoms with Gasteiger partial charge in [-0.3, -0.25) is 9.59 Å². The fraction of sp³-hybridized carbons (Fsp3) is 0.600. The van der Waals surface area contributed by atoms with Crippen molar-refractivity contribution in [1.29, 1.82) is 0 Å². The molecule has 10 heteroatoms. The minimum absolute atomic E-state index is 0.0654. The number of nitrogens with zero attached hydrogens (tertiary/aromatic N) is 2. The minimum atomic E-state index is -1.16. The standard InChI is InChI=1S/C25H35BrN4O5/c1-23(2,3)18(27-22(34)35-24(4,5)6)20(32)30-13-16(31)12-17(30)19-28-21(33)25(7,29-19)14-8-10-15(26)11-9-14/h8-11,16-18,31H,12-13H2,1-7H3,(H,27,34)(H,28,29,33)/t16-,17?,18-,25?/m1/s1. The van der Waals surface area contributed by atoms with Crippen molar-refractivity contribution in [2.45, 2.75) is 84.2 Å². The van der Waals surface area contributed by atoms with E-state index in [9.17, 15) is 19.5 Å². The number of β-amino-alcohol motifs (C(OH)–C–C–N with tert-alkyl or cyclic N) is 1.